The fourth-order valence-electron chi connectivity index (χ4n) is 2.36. The third-order valence-corrected chi connectivity index (χ3v) is 4.16. The first-order chi connectivity index (χ1) is 12.1. The first kappa shape index (κ1) is 17.0. The molecule has 0 bridgehead atoms. The van der Waals surface area contributed by atoms with Crippen LogP contribution < -0.4 is 15.8 Å². The Bertz CT molecular complexity index is 855. The van der Waals surface area contributed by atoms with Gasteiger partial charge in [0.2, 0.25) is 5.88 Å². The molecule has 0 radical (unpaired) electrons. The molecule has 0 saturated carbocycles. The van der Waals surface area contributed by atoms with Crippen molar-refractivity contribution in [1.82, 2.24) is 9.97 Å². The van der Waals surface area contributed by atoms with Gasteiger partial charge in [-0.3, -0.25) is 0 Å². The average Bonchev–Trinajstić information content (AvgIpc) is 2.62. The average molecular weight is 355 g/mol. The van der Waals surface area contributed by atoms with Gasteiger partial charge in [-0.1, -0.05) is 41.9 Å². The highest BCUT2D eigenvalue weighted by atomic mass is 35.5. The van der Waals surface area contributed by atoms with E-state index >= 15 is 0 Å². The summed E-state index contributed by atoms with van der Waals surface area (Å²) >= 11 is 6.03. The summed E-state index contributed by atoms with van der Waals surface area (Å²) < 4.78 is 5.78. The van der Waals surface area contributed by atoms with E-state index in [9.17, 15) is 0 Å². The number of ether oxygens (including phenoxy) is 1. The lowest BCUT2D eigenvalue weighted by molar-refractivity contribution is 0.464. The molecule has 3 N–H and O–H groups in total. The molecule has 0 amide bonds. The molecule has 25 heavy (non-hydrogen) atoms. The molecule has 0 aliphatic rings. The maximum atomic E-state index is 6.14. The fourth-order valence-corrected chi connectivity index (χ4v) is 2.48. The minimum atomic E-state index is 0.318. The van der Waals surface area contributed by atoms with E-state index in [0.29, 0.717) is 34.7 Å². The van der Waals surface area contributed by atoms with Crippen LogP contribution >= 0.6 is 11.6 Å². The normalized spacial score (nSPS) is 10.5. The van der Waals surface area contributed by atoms with Crippen molar-refractivity contribution < 1.29 is 4.74 Å². The number of nitrogens with one attached hydrogen (secondary N) is 1. The van der Waals surface area contributed by atoms with Crippen LogP contribution in [0.25, 0.3) is 0 Å². The Morgan fingerprint density at radius 2 is 1.92 bits per heavy atom. The summed E-state index contributed by atoms with van der Waals surface area (Å²) in [6.45, 7) is 2.62. The second kappa shape index (κ2) is 7.85. The molecule has 0 spiro atoms. The summed E-state index contributed by atoms with van der Waals surface area (Å²) in [4.78, 5) is 8.32. The van der Waals surface area contributed by atoms with Crippen LogP contribution in [0.3, 0.4) is 0 Å². The minimum Gasteiger partial charge on any atom is -0.437 e. The van der Waals surface area contributed by atoms with E-state index in [1.165, 1.54) is 11.9 Å². The van der Waals surface area contributed by atoms with E-state index in [1.807, 2.05) is 31.2 Å². The van der Waals surface area contributed by atoms with Crippen molar-refractivity contribution >= 4 is 23.1 Å². The van der Waals surface area contributed by atoms with Crippen molar-refractivity contribution in [2.45, 2.75) is 13.3 Å². The maximum absolute atomic E-state index is 6.14. The van der Waals surface area contributed by atoms with E-state index in [4.69, 9.17) is 22.1 Å². The second-order valence-corrected chi connectivity index (χ2v) is 6.02. The molecule has 1 heterocycles. The predicted molar refractivity (Wildman–Crippen MR) is 101 cm³/mol. The Balaban J connectivity index is 1.68. The Hall–Kier alpha value is -2.79. The lowest BCUT2D eigenvalue weighted by atomic mass is 10.1. The summed E-state index contributed by atoms with van der Waals surface area (Å²) in [5.41, 5.74) is 8.69. The fraction of sp³-hybridized carbons (Fsp3) is 0.158. The Labute approximate surface area is 151 Å². The van der Waals surface area contributed by atoms with Crippen LogP contribution in [-0.4, -0.2) is 16.5 Å². The van der Waals surface area contributed by atoms with Crippen LogP contribution in [0.2, 0.25) is 5.02 Å². The van der Waals surface area contributed by atoms with Crippen molar-refractivity contribution in [3.8, 4) is 11.6 Å². The third kappa shape index (κ3) is 4.39. The Morgan fingerprint density at radius 3 is 2.68 bits per heavy atom. The predicted octanol–water partition coefficient (Wildman–Crippen LogP) is 4.47. The van der Waals surface area contributed by atoms with Gasteiger partial charge in [-0.15, -0.1) is 0 Å². The highest BCUT2D eigenvalue weighted by Gasteiger charge is 2.10. The first-order valence-corrected chi connectivity index (χ1v) is 8.33. The lowest BCUT2D eigenvalue weighted by Crippen LogP contribution is -2.09. The number of nitrogens with zero attached hydrogens (tertiary/aromatic N) is 2. The van der Waals surface area contributed by atoms with Crippen molar-refractivity contribution in [2.75, 3.05) is 17.6 Å². The number of aromatic nitrogens is 2. The van der Waals surface area contributed by atoms with Crippen molar-refractivity contribution in [3.05, 3.63) is 71.0 Å². The standard InChI is InChI=1S/C19H19ClN4O/c1-13-11-15(7-8-16(13)20)25-19-17(21)18(23-12-24-19)22-10-9-14-5-3-2-4-6-14/h2-8,11-12H,9-10,21H2,1H3,(H,22,23,24). The Morgan fingerprint density at radius 1 is 1.12 bits per heavy atom. The number of aryl methyl sites for hydroxylation is 1. The van der Waals surface area contributed by atoms with Gasteiger partial charge in [-0.2, -0.15) is 4.98 Å². The smallest absolute Gasteiger partial charge is 0.248 e. The van der Waals surface area contributed by atoms with Gasteiger partial charge in [0.25, 0.3) is 0 Å². The van der Waals surface area contributed by atoms with Gasteiger partial charge in [0, 0.05) is 11.6 Å². The van der Waals surface area contributed by atoms with Gasteiger partial charge in [0.15, 0.2) is 5.82 Å². The number of rotatable bonds is 6. The highest BCUT2D eigenvalue weighted by molar-refractivity contribution is 6.31. The van der Waals surface area contributed by atoms with Gasteiger partial charge in [-0.25, -0.2) is 4.98 Å². The zero-order valence-electron chi connectivity index (χ0n) is 13.9. The van der Waals surface area contributed by atoms with Gasteiger partial charge >= 0.3 is 0 Å². The zero-order chi connectivity index (χ0) is 17.6. The van der Waals surface area contributed by atoms with E-state index in [1.54, 1.807) is 12.1 Å². The summed E-state index contributed by atoms with van der Waals surface area (Å²) in [6.07, 6.45) is 2.30. The quantitative estimate of drug-likeness (QED) is 0.683. The van der Waals surface area contributed by atoms with Crippen molar-refractivity contribution in [2.24, 2.45) is 0 Å². The van der Waals surface area contributed by atoms with Crippen LogP contribution in [-0.2, 0) is 6.42 Å². The molecule has 5 nitrogen and oxygen atoms in total. The summed E-state index contributed by atoms with van der Waals surface area (Å²) in [5, 5.41) is 3.92. The molecule has 1 aromatic heterocycles. The lowest BCUT2D eigenvalue weighted by Gasteiger charge is -2.12. The number of nitrogens with two attached hydrogens (primary N) is 1. The number of hydrogen-bond donors (Lipinski definition) is 2. The maximum Gasteiger partial charge on any atom is 0.248 e. The number of halogens is 1. The van der Waals surface area contributed by atoms with Crippen LogP contribution in [0.1, 0.15) is 11.1 Å². The van der Waals surface area contributed by atoms with E-state index in [-0.39, 0.29) is 0 Å². The molecule has 0 atom stereocenters. The molecule has 128 valence electrons. The molecule has 6 heteroatoms. The SMILES string of the molecule is Cc1cc(Oc2ncnc(NCCc3ccccc3)c2N)ccc1Cl. The molecular formula is C19H19ClN4O. The molecule has 3 rings (SSSR count). The second-order valence-electron chi connectivity index (χ2n) is 5.62. The summed E-state index contributed by atoms with van der Waals surface area (Å²) in [6, 6.07) is 15.6. The van der Waals surface area contributed by atoms with Crippen molar-refractivity contribution in [3.63, 3.8) is 0 Å². The molecule has 2 aromatic carbocycles. The third-order valence-electron chi connectivity index (χ3n) is 3.74. The summed E-state index contributed by atoms with van der Waals surface area (Å²) in [5.74, 6) is 1.51. The van der Waals surface area contributed by atoms with Crippen molar-refractivity contribution in [1.29, 1.82) is 0 Å². The largest absolute Gasteiger partial charge is 0.437 e. The van der Waals surface area contributed by atoms with Gasteiger partial charge in [0.1, 0.15) is 17.8 Å². The molecule has 0 saturated heterocycles. The van der Waals surface area contributed by atoms with Crippen LogP contribution in [0, 0.1) is 6.92 Å². The van der Waals surface area contributed by atoms with Gasteiger partial charge < -0.3 is 15.8 Å². The summed E-state index contributed by atoms with van der Waals surface area (Å²) in [7, 11) is 0. The number of hydrogen-bond acceptors (Lipinski definition) is 5. The topological polar surface area (TPSA) is 73.1 Å². The molecular weight excluding hydrogens is 336 g/mol. The first-order valence-electron chi connectivity index (χ1n) is 7.96. The van der Waals surface area contributed by atoms with Crippen LogP contribution in [0.5, 0.6) is 11.6 Å². The van der Waals surface area contributed by atoms with E-state index < -0.39 is 0 Å². The zero-order valence-corrected chi connectivity index (χ0v) is 14.6. The minimum absolute atomic E-state index is 0.318. The highest BCUT2D eigenvalue weighted by Crippen LogP contribution is 2.30. The number of benzene rings is 2. The number of anilines is 2. The molecule has 0 fully saturated rings. The van der Waals surface area contributed by atoms with E-state index in [2.05, 4.69) is 27.4 Å². The van der Waals surface area contributed by atoms with Gasteiger partial charge in [0.05, 0.1) is 0 Å². The van der Waals surface area contributed by atoms with E-state index in [0.717, 1.165) is 12.0 Å². The van der Waals surface area contributed by atoms with Crippen LogP contribution in [0.4, 0.5) is 11.5 Å². The number of nitrogen functional groups attached to an aromatic ring is 1. The Kier molecular flexibility index (Phi) is 5.36. The van der Waals surface area contributed by atoms with Crippen LogP contribution in [0.15, 0.2) is 54.9 Å². The molecule has 3 aromatic rings. The molecule has 0 aliphatic heterocycles. The van der Waals surface area contributed by atoms with Gasteiger partial charge in [-0.05, 0) is 42.7 Å². The monoisotopic (exact) mass is 354 g/mol. The molecule has 0 unspecified atom stereocenters. The molecule has 0 aliphatic carbocycles.